The van der Waals surface area contributed by atoms with E-state index in [0.29, 0.717) is 23.8 Å². The lowest BCUT2D eigenvalue weighted by Crippen LogP contribution is -2.34. The molecule has 0 saturated carbocycles. The van der Waals surface area contributed by atoms with Gasteiger partial charge in [-0.3, -0.25) is 9.48 Å². The van der Waals surface area contributed by atoms with Gasteiger partial charge in [0.05, 0.1) is 5.69 Å². The number of carbonyl (C=O) groups is 1. The highest BCUT2D eigenvalue weighted by molar-refractivity contribution is 5.97. The van der Waals surface area contributed by atoms with E-state index in [2.05, 4.69) is 24.3 Å². The third-order valence-corrected chi connectivity index (χ3v) is 3.16. The van der Waals surface area contributed by atoms with E-state index >= 15 is 0 Å². The average molecular weight is 252 g/mol. The molecule has 2 unspecified atom stereocenters. The first-order valence-corrected chi connectivity index (χ1v) is 6.61. The van der Waals surface area contributed by atoms with E-state index in [-0.39, 0.29) is 11.9 Å². The highest BCUT2D eigenvalue weighted by atomic mass is 16.2. The van der Waals surface area contributed by atoms with Crippen LogP contribution in [-0.2, 0) is 6.54 Å². The standard InChI is InChI=1S/C13H24N4O/c1-5-9(3)7-10(4)15-13(18)12-11(14)8-17(6-2)16-12/h8-10H,5-7,14H2,1-4H3,(H,15,18). The first-order valence-electron chi connectivity index (χ1n) is 6.61. The first-order chi connectivity index (χ1) is 8.47. The van der Waals surface area contributed by atoms with E-state index in [4.69, 9.17) is 5.73 Å². The van der Waals surface area contributed by atoms with E-state index < -0.39 is 0 Å². The first kappa shape index (κ1) is 14.5. The number of rotatable bonds is 6. The molecule has 2 atom stereocenters. The van der Waals surface area contributed by atoms with Crippen molar-refractivity contribution in [1.82, 2.24) is 15.1 Å². The number of aromatic nitrogens is 2. The highest BCUT2D eigenvalue weighted by Crippen LogP contribution is 2.12. The summed E-state index contributed by atoms with van der Waals surface area (Å²) in [5, 5.41) is 7.11. The Balaban J connectivity index is 2.61. The number of aryl methyl sites for hydroxylation is 1. The fourth-order valence-corrected chi connectivity index (χ4v) is 1.90. The van der Waals surface area contributed by atoms with Crippen molar-refractivity contribution < 1.29 is 4.79 Å². The Labute approximate surface area is 109 Å². The maximum Gasteiger partial charge on any atom is 0.274 e. The molecule has 0 radical (unpaired) electrons. The predicted molar refractivity (Wildman–Crippen MR) is 73.3 cm³/mol. The molecule has 1 aromatic heterocycles. The van der Waals surface area contributed by atoms with Gasteiger partial charge in [-0.25, -0.2) is 0 Å². The van der Waals surface area contributed by atoms with Crippen molar-refractivity contribution >= 4 is 11.6 Å². The molecule has 0 aromatic carbocycles. The Hall–Kier alpha value is -1.52. The number of nitrogen functional groups attached to an aromatic ring is 1. The number of hydrogen-bond donors (Lipinski definition) is 2. The summed E-state index contributed by atoms with van der Waals surface area (Å²) >= 11 is 0. The van der Waals surface area contributed by atoms with Crippen LogP contribution in [0.15, 0.2) is 6.20 Å². The molecule has 1 rings (SSSR count). The minimum atomic E-state index is -0.185. The Morgan fingerprint density at radius 3 is 2.67 bits per heavy atom. The van der Waals surface area contributed by atoms with Gasteiger partial charge < -0.3 is 11.1 Å². The lowest BCUT2D eigenvalue weighted by atomic mass is 10.0. The molecule has 1 amide bonds. The molecule has 1 heterocycles. The van der Waals surface area contributed by atoms with Crippen LogP contribution in [0.25, 0.3) is 0 Å². The van der Waals surface area contributed by atoms with Crippen LogP contribution < -0.4 is 11.1 Å². The molecule has 3 N–H and O–H groups in total. The molecule has 0 aliphatic rings. The predicted octanol–water partition coefficient (Wildman–Crippen LogP) is 2.04. The lowest BCUT2D eigenvalue weighted by Gasteiger charge is -2.16. The van der Waals surface area contributed by atoms with Crippen LogP contribution >= 0.6 is 0 Å². The van der Waals surface area contributed by atoms with Crippen molar-refractivity contribution in [1.29, 1.82) is 0 Å². The molecule has 0 spiro atoms. The quantitative estimate of drug-likeness (QED) is 0.813. The maximum absolute atomic E-state index is 12.0. The normalized spacial score (nSPS) is 14.2. The summed E-state index contributed by atoms with van der Waals surface area (Å²) in [5.74, 6) is 0.418. The smallest absolute Gasteiger partial charge is 0.274 e. The van der Waals surface area contributed by atoms with Crippen LogP contribution in [0.4, 0.5) is 5.69 Å². The minimum Gasteiger partial charge on any atom is -0.396 e. The molecule has 0 aliphatic carbocycles. The van der Waals surface area contributed by atoms with Crippen LogP contribution in [0.1, 0.15) is 51.0 Å². The topological polar surface area (TPSA) is 72.9 Å². The molecule has 0 fully saturated rings. The number of nitrogens with two attached hydrogens (primary N) is 1. The molecular weight excluding hydrogens is 228 g/mol. The second-order valence-corrected chi connectivity index (χ2v) is 4.91. The zero-order chi connectivity index (χ0) is 13.7. The molecule has 0 saturated heterocycles. The van der Waals surface area contributed by atoms with E-state index in [1.807, 2.05) is 13.8 Å². The van der Waals surface area contributed by atoms with Crippen LogP contribution in [0.5, 0.6) is 0 Å². The Kier molecular flexibility index (Phi) is 5.19. The second-order valence-electron chi connectivity index (χ2n) is 4.91. The van der Waals surface area contributed by atoms with Crippen LogP contribution in [0.3, 0.4) is 0 Å². The van der Waals surface area contributed by atoms with E-state index in [1.165, 1.54) is 0 Å². The molecule has 0 aliphatic heterocycles. The monoisotopic (exact) mass is 252 g/mol. The van der Waals surface area contributed by atoms with E-state index in [1.54, 1.807) is 10.9 Å². The largest absolute Gasteiger partial charge is 0.396 e. The van der Waals surface area contributed by atoms with Gasteiger partial charge in [0.2, 0.25) is 0 Å². The van der Waals surface area contributed by atoms with Gasteiger partial charge in [-0.2, -0.15) is 5.10 Å². The van der Waals surface area contributed by atoms with Gasteiger partial charge in [0.25, 0.3) is 5.91 Å². The number of anilines is 1. The van der Waals surface area contributed by atoms with E-state index in [0.717, 1.165) is 12.8 Å². The van der Waals surface area contributed by atoms with Crippen molar-refractivity contribution in [3.8, 4) is 0 Å². The number of nitrogens with zero attached hydrogens (tertiary/aromatic N) is 2. The Bertz CT molecular complexity index is 400. The molecule has 1 aromatic rings. The van der Waals surface area contributed by atoms with Gasteiger partial charge >= 0.3 is 0 Å². The molecule has 102 valence electrons. The molecular formula is C13H24N4O. The Morgan fingerprint density at radius 2 is 2.17 bits per heavy atom. The maximum atomic E-state index is 12.0. The molecule has 0 bridgehead atoms. The van der Waals surface area contributed by atoms with Crippen LogP contribution in [0.2, 0.25) is 0 Å². The third-order valence-electron chi connectivity index (χ3n) is 3.16. The number of amides is 1. The molecule has 5 nitrogen and oxygen atoms in total. The van der Waals surface area contributed by atoms with Gasteiger partial charge in [0.1, 0.15) is 0 Å². The summed E-state index contributed by atoms with van der Waals surface area (Å²) in [5.41, 5.74) is 6.54. The third kappa shape index (κ3) is 3.75. The number of hydrogen-bond acceptors (Lipinski definition) is 3. The number of nitrogens with one attached hydrogen (secondary N) is 1. The van der Waals surface area contributed by atoms with Gasteiger partial charge in [-0.05, 0) is 26.2 Å². The number of carbonyl (C=O) groups excluding carboxylic acids is 1. The summed E-state index contributed by atoms with van der Waals surface area (Å²) in [6.45, 7) is 9.01. The summed E-state index contributed by atoms with van der Waals surface area (Å²) in [6.07, 6.45) is 3.78. The zero-order valence-electron chi connectivity index (χ0n) is 11.7. The zero-order valence-corrected chi connectivity index (χ0v) is 11.7. The van der Waals surface area contributed by atoms with Crippen molar-refractivity contribution in [2.75, 3.05) is 5.73 Å². The van der Waals surface area contributed by atoms with Gasteiger partial charge in [-0.15, -0.1) is 0 Å². The van der Waals surface area contributed by atoms with Crippen molar-refractivity contribution in [2.24, 2.45) is 5.92 Å². The average Bonchev–Trinajstić information content (AvgIpc) is 2.70. The fourth-order valence-electron chi connectivity index (χ4n) is 1.90. The molecule has 18 heavy (non-hydrogen) atoms. The SMILES string of the molecule is CCC(C)CC(C)NC(=O)c1nn(CC)cc1N. The summed E-state index contributed by atoms with van der Waals surface area (Å²) in [4.78, 5) is 12.0. The van der Waals surface area contributed by atoms with E-state index in [9.17, 15) is 4.79 Å². The second kappa shape index (κ2) is 6.42. The van der Waals surface area contributed by atoms with Crippen LogP contribution in [-0.4, -0.2) is 21.7 Å². The summed E-state index contributed by atoms with van der Waals surface area (Å²) < 4.78 is 1.67. The summed E-state index contributed by atoms with van der Waals surface area (Å²) in [6, 6.07) is 0.138. The minimum absolute atomic E-state index is 0.138. The van der Waals surface area contributed by atoms with Gasteiger partial charge in [-0.1, -0.05) is 20.3 Å². The van der Waals surface area contributed by atoms with Gasteiger partial charge in [0.15, 0.2) is 5.69 Å². The van der Waals surface area contributed by atoms with Crippen molar-refractivity contribution in [2.45, 2.75) is 53.1 Å². The fraction of sp³-hybridized carbons (Fsp3) is 0.692. The van der Waals surface area contributed by atoms with Gasteiger partial charge in [0, 0.05) is 18.8 Å². The van der Waals surface area contributed by atoms with Crippen molar-refractivity contribution in [3.05, 3.63) is 11.9 Å². The molecule has 5 heteroatoms. The van der Waals surface area contributed by atoms with Crippen molar-refractivity contribution in [3.63, 3.8) is 0 Å². The Morgan fingerprint density at radius 1 is 1.50 bits per heavy atom. The highest BCUT2D eigenvalue weighted by Gasteiger charge is 2.17. The van der Waals surface area contributed by atoms with Crippen LogP contribution in [0, 0.1) is 5.92 Å². The summed E-state index contributed by atoms with van der Waals surface area (Å²) in [7, 11) is 0. The lowest BCUT2D eigenvalue weighted by molar-refractivity contribution is 0.0930.